The summed E-state index contributed by atoms with van der Waals surface area (Å²) in [6, 6.07) is 19.2. The summed E-state index contributed by atoms with van der Waals surface area (Å²) in [6.45, 7) is 0. The van der Waals surface area contributed by atoms with E-state index in [9.17, 15) is 0 Å². The fourth-order valence-corrected chi connectivity index (χ4v) is 7.34. The van der Waals surface area contributed by atoms with Gasteiger partial charge in [-0.1, -0.05) is 66.2 Å². The number of hydrogen-bond acceptors (Lipinski definition) is 4. The van der Waals surface area contributed by atoms with E-state index in [2.05, 4.69) is 163 Å². The summed E-state index contributed by atoms with van der Waals surface area (Å²) in [6.07, 6.45) is 18.8. The zero-order valence-corrected chi connectivity index (χ0v) is 25.0. The first kappa shape index (κ1) is 26.7. The number of benzene rings is 2. The van der Waals surface area contributed by atoms with Gasteiger partial charge in [-0.2, -0.15) is 0 Å². The minimum atomic E-state index is 0.299. The fourth-order valence-electron chi connectivity index (χ4n) is 7.34. The molecule has 2 aromatic carbocycles. The molecule has 1 fully saturated rings. The van der Waals surface area contributed by atoms with Crippen molar-refractivity contribution in [3.63, 3.8) is 0 Å². The van der Waals surface area contributed by atoms with E-state index < -0.39 is 0 Å². The normalized spacial score (nSPS) is 28.0. The number of allylic oxidation sites excluding steroid dienone is 4. The smallest absolute Gasteiger partial charge is 0.0737 e. The first-order valence-corrected chi connectivity index (χ1v) is 15.1. The summed E-state index contributed by atoms with van der Waals surface area (Å²) < 4.78 is 0. The van der Waals surface area contributed by atoms with Crippen LogP contribution in [-0.4, -0.2) is 68.2 Å². The van der Waals surface area contributed by atoms with Crippen molar-refractivity contribution < 1.29 is 0 Å². The molecule has 2 aromatic rings. The molecular weight excluding hydrogens is 512 g/mol. The van der Waals surface area contributed by atoms with Gasteiger partial charge in [-0.15, -0.1) is 0 Å². The Balaban J connectivity index is 1.02. The highest BCUT2D eigenvalue weighted by Crippen LogP contribution is 2.41. The number of hydrogen-bond donors (Lipinski definition) is 0. The zero-order valence-electron chi connectivity index (χ0n) is 25.0. The molecule has 0 N–H and O–H groups in total. The molecule has 4 heteroatoms. The summed E-state index contributed by atoms with van der Waals surface area (Å²) in [5.74, 6) is 13.8. The number of piperazine rings is 1. The van der Waals surface area contributed by atoms with E-state index in [4.69, 9.17) is 0 Å². The van der Waals surface area contributed by atoms with E-state index in [0.717, 1.165) is 30.4 Å². The summed E-state index contributed by atoms with van der Waals surface area (Å²) in [7, 11) is 8.92. The Kier molecular flexibility index (Phi) is 6.91. The maximum Gasteiger partial charge on any atom is 0.0737 e. The fraction of sp³-hybridized carbons (Fsp3) is 0.316. The lowest BCUT2D eigenvalue weighted by Gasteiger charge is -2.54. The quantitative estimate of drug-likeness (QED) is 0.387. The Labute approximate surface area is 251 Å². The highest BCUT2D eigenvalue weighted by Gasteiger charge is 2.44. The summed E-state index contributed by atoms with van der Waals surface area (Å²) >= 11 is 0. The highest BCUT2D eigenvalue weighted by molar-refractivity contribution is 5.78. The molecule has 210 valence electrons. The summed E-state index contributed by atoms with van der Waals surface area (Å²) in [5, 5.41) is 0. The molecule has 5 unspecified atom stereocenters. The molecule has 0 bridgehead atoms. The molecule has 0 aromatic heterocycles. The van der Waals surface area contributed by atoms with Crippen molar-refractivity contribution in [3.8, 4) is 23.7 Å². The number of nitrogens with zero attached hydrogens (tertiary/aromatic N) is 4. The minimum Gasteiger partial charge on any atom is -0.364 e. The highest BCUT2D eigenvalue weighted by atomic mass is 15.3. The van der Waals surface area contributed by atoms with Crippen LogP contribution in [0.1, 0.15) is 30.4 Å². The number of rotatable bonds is 0. The van der Waals surface area contributed by atoms with Crippen LogP contribution in [-0.2, 0) is 0 Å². The lowest BCUT2D eigenvalue weighted by Crippen LogP contribution is -2.66. The molecule has 2 aliphatic heterocycles. The van der Waals surface area contributed by atoms with Crippen LogP contribution in [0.3, 0.4) is 0 Å². The van der Waals surface area contributed by atoms with Crippen molar-refractivity contribution >= 4 is 11.4 Å². The van der Waals surface area contributed by atoms with Crippen molar-refractivity contribution in [2.45, 2.75) is 49.5 Å². The Hall–Kier alpha value is -4.22. The van der Waals surface area contributed by atoms with Gasteiger partial charge in [0, 0.05) is 72.7 Å². The van der Waals surface area contributed by atoms with Crippen LogP contribution in [0.4, 0.5) is 11.4 Å². The van der Waals surface area contributed by atoms with Crippen LogP contribution >= 0.6 is 0 Å². The van der Waals surface area contributed by atoms with Gasteiger partial charge in [0.15, 0.2) is 0 Å². The SMILES string of the molecule is CN1C2=CC=C(C#Cc3ccc(C#CC4=CCC5C(C4)N(C)C4C=CC=CC4N5C)cc3)CC2N(C)c2ccccc21. The lowest BCUT2D eigenvalue weighted by atomic mass is 9.82. The van der Waals surface area contributed by atoms with Crippen molar-refractivity contribution in [3.05, 3.63) is 119 Å². The second-order valence-corrected chi connectivity index (χ2v) is 12.1. The van der Waals surface area contributed by atoms with Crippen molar-refractivity contribution in [1.82, 2.24) is 9.80 Å². The molecule has 42 heavy (non-hydrogen) atoms. The molecule has 0 saturated carbocycles. The average molecular weight is 551 g/mol. The lowest BCUT2D eigenvalue weighted by molar-refractivity contribution is -0.00549. The Bertz CT molecular complexity index is 1660. The van der Waals surface area contributed by atoms with E-state index >= 15 is 0 Å². The molecule has 4 nitrogen and oxygen atoms in total. The van der Waals surface area contributed by atoms with E-state index in [1.54, 1.807) is 0 Å². The Morgan fingerprint density at radius 1 is 0.643 bits per heavy atom. The number of fused-ring (bicyclic) bond motifs is 4. The Morgan fingerprint density at radius 2 is 1.26 bits per heavy atom. The third-order valence-corrected chi connectivity index (χ3v) is 9.85. The van der Waals surface area contributed by atoms with Crippen molar-refractivity contribution in [1.29, 1.82) is 0 Å². The largest absolute Gasteiger partial charge is 0.364 e. The molecule has 1 saturated heterocycles. The Morgan fingerprint density at radius 3 is 1.95 bits per heavy atom. The molecule has 0 radical (unpaired) electrons. The van der Waals surface area contributed by atoms with Gasteiger partial charge in [0.2, 0.25) is 0 Å². The van der Waals surface area contributed by atoms with Crippen molar-refractivity contribution in [2.75, 3.05) is 38.0 Å². The van der Waals surface area contributed by atoms with Crippen LogP contribution < -0.4 is 9.80 Å². The standard InChI is InChI=1S/C38H38N4/c1-39-31-9-5-7-11-33(31)41(3)37-25-29(21-23-35(37)39)19-17-27-13-15-28(16-14-27)18-20-30-22-24-36-38(26-30)42(4)34-12-8-6-10-32(34)40(36)2/h5-16,21-23,32,34,36-38H,24-26H2,1-4H3. The zero-order chi connectivity index (χ0) is 28.8. The van der Waals surface area contributed by atoms with Gasteiger partial charge in [-0.3, -0.25) is 9.80 Å². The molecule has 0 spiro atoms. The van der Waals surface area contributed by atoms with Crippen LogP contribution in [0.2, 0.25) is 0 Å². The number of likely N-dealkylation sites (N-methyl/N-ethyl adjacent to an activating group) is 4. The summed E-state index contributed by atoms with van der Waals surface area (Å²) in [4.78, 5) is 9.84. The first-order chi connectivity index (χ1) is 20.5. The summed E-state index contributed by atoms with van der Waals surface area (Å²) in [5.41, 5.74) is 8.31. The van der Waals surface area contributed by atoms with Gasteiger partial charge in [0.25, 0.3) is 0 Å². The van der Waals surface area contributed by atoms with E-state index in [1.165, 1.54) is 28.2 Å². The number of para-hydroxylation sites is 2. The van der Waals surface area contributed by atoms with Crippen LogP contribution in [0.5, 0.6) is 0 Å². The van der Waals surface area contributed by atoms with E-state index in [0.29, 0.717) is 30.2 Å². The molecule has 5 atom stereocenters. The maximum atomic E-state index is 3.50. The van der Waals surface area contributed by atoms with Crippen LogP contribution in [0.25, 0.3) is 0 Å². The predicted molar refractivity (Wildman–Crippen MR) is 174 cm³/mol. The predicted octanol–water partition coefficient (Wildman–Crippen LogP) is 5.76. The average Bonchev–Trinajstić information content (AvgIpc) is 3.04. The van der Waals surface area contributed by atoms with Crippen molar-refractivity contribution in [2.24, 2.45) is 0 Å². The van der Waals surface area contributed by atoms with Crippen LogP contribution in [0.15, 0.2) is 108 Å². The van der Waals surface area contributed by atoms with Gasteiger partial charge in [0.05, 0.1) is 17.4 Å². The van der Waals surface area contributed by atoms with Gasteiger partial charge >= 0.3 is 0 Å². The number of anilines is 2. The molecule has 2 heterocycles. The second kappa shape index (κ2) is 10.9. The van der Waals surface area contributed by atoms with Gasteiger partial charge < -0.3 is 9.80 Å². The third-order valence-electron chi connectivity index (χ3n) is 9.85. The molecule has 5 aliphatic rings. The monoisotopic (exact) mass is 550 g/mol. The van der Waals surface area contributed by atoms with Crippen LogP contribution in [0, 0.1) is 23.7 Å². The maximum absolute atomic E-state index is 3.50. The third kappa shape index (κ3) is 4.72. The van der Waals surface area contributed by atoms with E-state index in [1.807, 2.05) is 0 Å². The molecule has 0 amide bonds. The molecule has 3 aliphatic carbocycles. The van der Waals surface area contributed by atoms with Gasteiger partial charge in [-0.25, -0.2) is 0 Å². The molecule has 7 rings (SSSR count). The topological polar surface area (TPSA) is 13.0 Å². The second-order valence-electron chi connectivity index (χ2n) is 12.1. The van der Waals surface area contributed by atoms with Gasteiger partial charge in [-0.05, 0) is 75.5 Å². The van der Waals surface area contributed by atoms with Gasteiger partial charge in [0.1, 0.15) is 0 Å². The minimum absolute atomic E-state index is 0.299. The molecular formula is C38H38N4. The first-order valence-electron chi connectivity index (χ1n) is 15.1. The van der Waals surface area contributed by atoms with E-state index in [-0.39, 0.29) is 0 Å².